The minimum atomic E-state index is -0.256. The number of benzene rings is 2. The Kier molecular flexibility index (Phi) is 6.80. The van der Waals surface area contributed by atoms with Crippen molar-refractivity contribution in [2.75, 3.05) is 6.16 Å². The van der Waals surface area contributed by atoms with Crippen molar-refractivity contribution in [3.63, 3.8) is 0 Å². The summed E-state index contributed by atoms with van der Waals surface area (Å²) in [6, 6.07) is 30.6. The first kappa shape index (κ1) is 16.6. The molecule has 0 saturated heterocycles. The molecule has 0 spiro atoms. The molecule has 3 rings (SSSR count). The van der Waals surface area contributed by atoms with E-state index in [2.05, 4.69) is 84.9 Å². The van der Waals surface area contributed by atoms with Crippen molar-refractivity contribution < 1.29 is 29.6 Å². The second kappa shape index (κ2) is 8.61. The zero-order valence-corrected chi connectivity index (χ0v) is 15.3. The maximum atomic E-state index is 2.27. The Morgan fingerprint density at radius 3 is 1.62 bits per heavy atom. The molecule has 0 nitrogen and oxygen atoms in total. The molecule has 0 N–H and O–H groups in total. The van der Waals surface area contributed by atoms with Crippen molar-refractivity contribution >= 4 is 18.5 Å². The van der Waals surface area contributed by atoms with Gasteiger partial charge in [0.05, 0.1) is 0 Å². The molecule has 100 valence electrons. The average molecular weight is 300 g/mol. The van der Waals surface area contributed by atoms with Gasteiger partial charge in [0.15, 0.2) is 0 Å². The van der Waals surface area contributed by atoms with Crippen molar-refractivity contribution in [2.45, 2.75) is 6.42 Å². The van der Waals surface area contributed by atoms with E-state index in [-0.39, 0.29) is 37.5 Å². The van der Waals surface area contributed by atoms with E-state index in [1.165, 1.54) is 22.3 Å². The van der Waals surface area contributed by atoms with Gasteiger partial charge in [0.2, 0.25) is 0 Å². The van der Waals surface area contributed by atoms with Crippen LogP contribution in [0.3, 0.4) is 0 Å². The third-order valence-corrected chi connectivity index (χ3v) is 6.01. The number of hydrogen-bond donors (Lipinski definition) is 0. The zero-order chi connectivity index (χ0) is 13.6. The van der Waals surface area contributed by atoms with Crippen molar-refractivity contribution in [2.24, 2.45) is 0 Å². The fourth-order valence-electron chi connectivity index (χ4n) is 2.44. The van der Waals surface area contributed by atoms with Gasteiger partial charge in [-0.2, -0.15) is 17.7 Å². The summed E-state index contributed by atoms with van der Waals surface area (Å²) < 4.78 is 0. The van der Waals surface area contributed by atoms with Gasteiger partial charge in [-0.1, -0.05) is 67.1 Å². The standard InChI is InChI=1S/C19H18P.Na/c1-3-11-18(12-4-1)20(19-13-5-2-6-14-19)16-15-17-9-7-8-10-17;/h1-14H,15-16H2;/q-1;+1. The second-order valence-electron chi connectivity index (χ2n) is 4.87. The summed E-state index contributed by atoms with van der Waals surface area (Å²) in [5, 5.41) is 2.94. The summed E-state index contributed by atoms with van der Waals surface area (Å²) in [5.41, 5.74) is 1.45. The number of rotatable bonds is 5. The molecule has 0 aliphatic carbocycles. The maximum absolute atomic E-state index is 2.27. The van der Waals surface area contributed by atoms with E-state index in [1.54, 1.807) is 0 Å². The fourth-order valence-corrected chi connectivity index (χ4v) is 4.80. The van der Waals surface area contributed by atoms with Crippen LogP contribution in [-0.4, -0.2) is 6.16 Å². The molecule has 0 amide bonds. The van der Waals surface area contributed by atoms with Crippen LogP contribution in [0, 0.1) is 0 Å². The van der Waals surface area contributed by atoms with Crippen LogP contribution in [0.2, 0.25) is 0 Å². The number of hydrogen-bond acceptors (Lipinski definition) is 0. The van der Waals surface area contributed by atoms with E-state index in [9.17, 15) is 0 Å². The molecular formula is C19H18NaP. The average Bonchev–Trinajstić information content (AvgIpc) is 3.03. The molecule has 0 heterocycles. The summed E-state index contributed by atoms with van der Waals surface area (Å²) in [5.74, 6) is 0. The third kappa shape index (κ3) is 4.59. The molecular weight excluding hydrogens is 282 g/mol. The van der Waals surface area contributed by atoms with Crippen LogP contribution in [0.15, 0.2) is 84.9 Å². The summed E-state index contributed by atoms with van der Waals surface area (Å²) >= 11 is 0. The Labute approximate surface area is 150 Å². The first-order valence-electron chi connectivity index (χ1n) is 7.02. The molecule has 3 aromatic rings. The van der Waals surface area contributed by atoms with E-state index in [4.69, 9.17) is 0 Å². The molecule has 0 radical (unpaired) electrons. The van der Waals surface area contributed by atoms with Gasteiger partial charge in [-0.3, -0.25) is 0 Å². The summed E-state index contributed by atoms with van der Waals surface area (Å²) in [4.78, 5) is 0. The Balaban J connectivity index is 0.00000161. The van der Waals surface area contributed by atoms with E-state index in [1.807, 2.05) is 0 Å². The van der Waals surface area contributed by atoms with Crippen LogP contribution in [0.1, 0.15) is 5.56 Å². The first-order valence-corrected chi connectivity index (χ1v) is 8.54. The van der Waals surface area contributed by atoms with Crippen molar-refractivity contribution in [3.8, 4) is 0 Å². The van der Waals surface area contributed by atoms with Crippen LogP contribution in [0.5, 0.6) is 0 Å². The Bertz CT molecular complexity index is 578. The van der Waals surface area contributed by atoms with Crippen molar-refractivity contribution in [1.82, 2.24) is 0 Å². The van der Waals surface area contributed by atoms with Gasteiger partial charge in [0.1, 0.15) is 0 Å². The molecule has 3 aromatic carbocycles. The van der Waals surface area contributed by atoms with Gasteiger partial charge < -0.3 is 0 Å². The number of aryl methyl sites for hydroxylation is 1. The third-order valence-electron chi connectivity index (χ3n) is 3.49. The topological polar surface area (TPSA) is 0 Å². The van der Waals surface area contributed by atoms with Gasteiger partial charge in [0, 0.05) is 0 Å². The zero-order valence-electron chi connectivity index (χ0n) is 12.4. The van der Waals surface area contributed by atoms with Gasteiger partial charge >= 0.3 is 29.6 Å². The van der Waals surface area contributed by atoms with E-state index in [0.717, 1.165) is 6.42 Å². The molecule has 0 fully saturated rings. The van der Waals surface area contributed by atoms with Crippen LogP contribution in [0.25, 0.3) is 0 Å². The maximum Gasteiger partial charge on any atom is 1.00 e. The largest absolute Gasteiger partial charge is 1.00 e. The van der Waals surface area contributed by atoms with E-state index in [0.29, 0.717) is 0 Å². The van der Waals surface area contributed by atoms with Crippen molar-refractivity contribution in [1.29, 1.82) is 0 Å². The summed E-state index contributed by atoms with van der Waals surface area (Å²) in [6.45, 7) is 0. The minimum Gasteiger partial charge on any atom is -0.213 e. The van der Waals surface area contributed by atoms with Gasteiger partial charge in [-0.15, -0.1) is 0 Å². The molecule has 0 atom stereocenters. The Morgan fingerprint density at radius 1 is 0.667 bits per heavy atom. The van der Waals surface area contributed by atoms with E-state index >= 15 is 0 Å². The SMILES string of the molecule is [Na+].c1ccc(P(CC[c-]2cccc2)c2ccccc2)cc1. The minimum absolute atomic E-state index is 0. The van der Waals surface area contributed by atoms with Gasteiger partial charge in [0.25, 0.3) is 0 Å². The normalized spacial score (nSPS) is 10.3. The molecule has 0 aliphatic heterocycles. The van der Waals surface area contributed by atoms with Crippen LogP contribution < -0.4 is 40.2 Å². The van der Waals surface area contributed by atoms with Gasteiger partial charge in [-0.05, 0) is 24.7 Å². The second-order valence-corrected chi connectivity index (χ2v) is 7.20. The molecule has 0 aromatic heterocycles. The van der Waals surface area contributed by atoms with Crippen LogP contribution >= 0.6 is 7.92 Å². The molecule has 2 heteroatoms. The Hall–Kier alpha value is -0.780. The summed E-state index contributed by atoms with van der Waals surface area (Å²) in [7, 11) is -0.256. The molecule has 0 unspecified atom stereocenters. The van der Waals surface area contributed by atoms with Crippen LogP contribution in [-0.2, 0) is 6.42 Å². The molecule has 0 bridgehead atoms. The van der Waals surface area contributed by atoms with Gasteiger partial charge in [-0.25, -0.2) is 12.1 Å². The van der Waals surface area contributed by atoms with Crippen LogP contribution in [0.4, 0.5) is 0 Å². The molecule has 21 heavy (non-hydrogen) atoms. The Morgan fingerprint density at radius 2 is 1.14 bits per heavy atom. The quantitative estimate of drug-likeness (QED) is 0.376. The predicted octanol–water partition coefficient (Wildman–Crippen LogP) is 1.08. The van der Waals surface area contributed by atoms with Crippen molar-refractivity contribution in [3.05, 3.63) is 90.5 Å². The molecule has 0 aliphatic rings. The summed E-state index contributed by atoms with van der Waals surface area (Å²) in [6.07, 6.45) is 2.37. The monoisotopic (exact) mass is 300 g/mol. The first-order chi connectivity index (χ1) is 9.93. The fraction of sp³-hybridized carbons (Fsp3) is 0.105. The predicted molar refractivity (Wildman–Crippen MR) is 89.7 cm³/mol. The van der Waals surface area contributed by atoms with E-state index < -0.39 is 0 Å². The molecule has 0 saturated carbocycles. The smallest absolute Gasteiger partial charge is 0.213 e.